The summed E-state index contributed by atoms with van der Waals surface area (Å²) in [6.07, 6.45) is 0. The highest BCUT2D eigenvalue weighted by Crippen LogP contribution is 2.13. The number of fused-ring (bicyclic) bond motifs is 2. The molecule has 0 aliphatic heterocycles. The standard InChI is InChI=1S/C22H14N4O3S/c27-19-15-5-1-3-7-17(15)23-21(29)25(19)13-9-11-14(12-10-13)26-20(28)16-6-2-4-8-18(16)24-22(26)30/h1-12H,(H,23,29)(H,24,30). The van der Waals surface area contributed by atoms with E-state index in [4.69, 9.17) is 12.2 Å². The lowest BCUT2D eigenvalue weighted by atomic mass is 10.2. The molecule has 30 heavy (non-hydrogen) atoms. The average molecular weight is 414 g/mol. The molecule has 0 fully saturated rings. The zero-order chi connectivity index (χ0) is 20.8. The highest BCUT2D eigenvalue weighted by atomic mass is 32.1. The van der Waals surface area contributed by atoms with Crippen LogP contribution in [-0.4, -0.2) is 19.1 Å². The van der Waals surface area contributed by atoms with Gasteiger partial charge in [0.15, 0.2) is 4.77 Å². The van der Waals surface area contributed by atoms with Gasteiger partial charge in [0.2, 0.25) is 0 Å². The maximum absolute atomic E-state index is 12.9. The molecule has 2 aromatic heterocycles. The van der Waals surface area contributed by atoms with Crippen molar-refractivity contribution in [3.8, 4) is 11.4 Å². The Morgan fingerprint density at radius 1 is 0.600 bits per heavy atom. The van der Waals surface area contributed by atoms with Gasteiger partial charge in [0.1, 0.15) is 0 Å². The number of rotatable bonds is 2. The van der Waals surface area contributed by atoms with E-state index in [0.717, 1.165) is 4.57 Å². The van der Waals surface area contributed by atoms with Crippen molar-refractivity contribution in [2.75, 3.05) is 0 Å². The molecule has 0 unspecified atom stereocenters. The third-order valence-corrected chi connectivity index (χ3v) is 5.26. The Labute approximate surface area is 173 Å². The van der Waals surface area contributed by atoms with Crippen molar-refractivity contribution in [2.24, 2.45) is 0 Å². The molecule has 0 saturated heterocycles. The van der Waals surface area contributed by atoms with Crippen LogP contribution in [0.4, 0.5) is 0 Å². The normalized spacial score (nSPS) is 11.2. The van der Waals surface area contributed by atoms with Gasteiger partial charge in [-0.15, -0.1) is 0 Å². The van der Waals surface area contributed by atoms with Crippen molar-refractivity contribution in [1.29, 1.82) is 0 Å². The molecule has 0 spiro atoms. The Morgan fingerprint density at radius 3 is 1.67 bits per heavy atom. The summed E-state index contributed by atoms with van der Waals surface area (Å²) in [5.41, 5.74) is 0.862. The quantitative estimate of drug-likeness (QED) is 0.434. The Kier molecular flexibility index (Phi) is 4.07. The van der Waals surface area contributed by atoms with Crippen LogP contribution in [0.25, 0.3) is 33.2 Å². The van der Waals surface area contributed by atoms with Crippen LogP contribution >= 0.6 is 12.2 Å². The summed E-state index contributed by atoms with van der Waals surface area (Å²) in [4.78, 5) is 44.0. The molecule has 0 aliphatic carbocycles. The number of nitrogens with one attached hydrogen (secondary N) is 2. The minimum Gasteiger partial charge on any atom is -0.331 e. The van der Waals surface area contributed by atoms with Crippen LogP contribution in [0.5, 0.6) is 0 Å². The lowest BCUT2D eigenvalue weighted by molar-refractivity contribution is 0.895. The van der Waals surface area contributed by atoms with Crippen LogP contribution in [0.2, 0.25) is 0 Å². The monoisotopic (exact) mass is 414 g/mol. The second-order valence-corrected chi connectivity index (χ2v) is 7.14. The first-order chi connectivity index (χ1) is 14.5. The van der Waals surface area contributed by atoms with E-state index in [1.54, 1.807) is 66.7 Å². The number of nitrogens with zero attached hydrogens (tertiary/aromatic N) is 2. The summed E-state index contributed by atoms with van der Waals surface area (Å²) in [6, 6.07) is 20.5. The van der Waals surface area contributed by atoms with Gasteiger partial charge in [0.05, 0.1) is 33.2 Å². The van der Waals surface area contributed by atoms with Crippen molar-refractivity contribution in [3.63, 3.8) is 0 Å². The summed E-state index contributed by atoms with van der Waals surface area (Å²) in [6.45, 7) is 0. The summed E-state index contributed by atoms with van der Waals surface area (Å²) in [5, 5.41) is 0.923. The maximum atomic E-state index is 12.9. The van der Waals surface area contributed by atoms with Crippen LogP contribution < -0.4 is 16.8 Å². The van der Waals surface area contributed by atoms with E-state index in [0.29, 0.717) is 33.2 Å². The van der Waals surface area contributed by atoms with Crippen LogP contribution in [0.3, 0.4) is 0 Å². The van der Waals surface area contributed by atoms with Crippen molar-refractivity contribution >= 4 is 34.0 Å². The highest BCUT2D eigenvalue weighted by molar-refractivity contribution is 7.71. The third-order valence-electron chi connectivity index (χ3n) is 4.98. The molecule has 5 aromatic rings. The molecule has 0 bridgehead atoms. The second-order valence-electron chi connectivity index (χ2n) is 6.75. The van der Waals surface area contributed by atoms with E-state index in [-0.39, 0.29) is 10.3 Å². The van der Waals surface area contributed by atoms with Crippen LogP contribution in [0.1, 0.15) is 0 Å². The Balaban J connectivity index is 1.68. The molecule has 0 radical (unpaired) electrons. The summed E-state index contributed by atoms with van der Waals surface area (Å²) >= 11 is 5.37. The minimum atomic E-state index is -0.536. The molecule has 3 aromatic carbocycles. The number of para-hydroxylation sites is 2. The van der Waals surface area contributed by atoms with Gasteiger partial charge in [0, 0.05) is 0 Å². The lowest BCUT2D eigenvalue weighted by Crippen LogP contribution is -2.33. The van der Waals surface area contributed by atoms with Crippen LogP contribution in [0, 0.1) is 4.77 Å². The zero-order valence-electron chi connectivity index (χ0n) is 15.5. The molecule has 2 heterocycles. The molecule has 146 valence electrons. The SMILES string of the molecule is O=c1[nH]c2ccccc2c(=O)n1-c1ccc(-n2c(=S)[nH]c3ccccc3c2=O)cc1. The molecule has 0 atom stereocenters. The first-order valence-corrected chi connectivity index (χ1v) is 9.54. The van der Waals surface area contributed by atoms with E-state index >= 15 is 0 Å². The summed E-state index contributed by atoms with van der Waals surface area (Å²) < 4.78 is 2.71. The van der Waals surface area contributed by atoms with Crippen molar-refractivity contribution in [1.82, 2.24) is 19.1 Å². The van der Waals surface area contributed by atoms with Gasteiger partial charge >= 0.3 is 5.69 Å². The van der Waals surface area contributed by atoms with E-state index in [1.807, 2.05) is 6.07 Å². The zero-order valence-corrected chi connectivity index (χ0v) is 16.3. The predicted molar refractivity (Wildman–Crippen MR) is 118 cm³/mol. The Hall–Kier alpha value is -4.04. The Bertz CT molecular complexity index is 1550. The van der Waals surface area contributed by atoms with Gasteiger partial charge in [-0.25, -0.2) is 9.36 Å². The number of aromatic nitrogens is 4. The number of aromatic amines is 2. The maximum Gasteiger partial charge on any atom is 0.333 e. The third kappa shape index (κ3) is 2.73. The van der Waals surface area contributed by atoms with Gasteiger partial charge in [-0.2, -0.15) is 0 Å². The molecular weight excluding hydrogens is 400 g/mol. The van der Waals surface area contributed by atoms with Crippen molar-refractivity contribution in [2.45, 2.75) is 0 Å². The van der Waals surface area contributed by atoms with Crippen LogP contribution in [-0.2, 0) is 0 Å². The van der Waals surface area contributed by atoms with Gasteiger partial charge in [-0.05, 0) is 60.7 Å². The fourth-order valence-electron chi connectivity index (χ4n) is 3.54. The highest BCUT2D eigenvalue weighted by Gasteiger charge is 2.11. The molecular formula is C22H14N4O3S. The predicted octanol–water partition coefficient (Wildman–Crippen LogP) is 3.04. The smallest absolute Gasteiger partial charge is 0.331 e. The lowest BCUT2D eigenvalue weighted by Gasteiger charge is -2.10. The number of hydrogen-bond acceptors (Lipinski definition) is 4. The average Bonchev–Trinajstić information content (AvgIpc) is 2.75. The second kappa shape index (κ2) is 6.78. The first-order valence-electron chi connectivity index (χ1n) is 9.13. The fraction of sp³-hybridized carbons (Fsp3) is 0. The molecule has 5 rings (SSSR count). The van der Waals surface area contributed by atoms with Gasteiger partial charge in [0.25, 0.3) is 11.1 Å². The molecule has 0 aliphatic rings. The van der Waals surface area contributed by atoms with Crippen molar-refractivity contribution < 1.29 is 0 Å². The van der Waals surface area contributed by atoms with E-state index in [2.05, 4.69) is 9.97 Å². The summed E-state index contributed by atoms with van der Waals surface area (Å²) in [7, 11) is 0. The molecule has 2 N–H and O–H groups in total. The van der Waals surface area contributed by atoms with E-state index in [9.17, 15) is 14.4 Å². The van der Waals surface area contributed by atoms with Crippen LogP contribution in [0.15, 0.2) is 87.2 Å². The minimum absolute atomic E-state index is 0.247. The van der Waals surface area contributed by atoms with Crippen molar-refractivity contribution in [3.05, 3.63) is 109 Å². The molecule has 0 amide bonds. The van der Waals surface area contributed by atoms with E-state index in [1.165, 1.54) is 4.57 Å². The number of benzene rings is 3. The number of hydrogen-bond donors (Lipinski definition) is 2. The fourth-order valence-corrected chi connectivity index (χ4v) is 3.84. The van der Waals surface area contributed by atoms with Gasteiger partial charge in [-0.3, -0.25) is 14.2 Å². The topological polar surface area (TPSA) is 92.7 Å². The van der Waals surface area contributed by atoms with E-state index < -0.39 is 11.2 Å². The first kappa shape index (κ1) is 18.0. The molecule has 7 nitrogen and oxygen atoms in total. The molecule has 0 saturated carbocycles. The Morgan fingerprint density at radius 2 is 1.07 bits per heavy atom. The van der Waals surface area contributed by atoms with Gasteiger partial charge < -0.3 is 9.97 Å². The number of H-pyrrole nitrogens is 2. The van der Waals surface area contributed by atoms with Gasteiger partial charge in [-0.1, -0.05) is 24.3 Å². The largest absolute Gasteiger partial charge is 0.333 e. The summed E-state index contributed by atoms with van der Waals surface area (Å²) in [5.74, 6) is 0. The molecule has 8 heteroatoms.